The number of aromatic nitrogens is 2. The molecule has 0 spiro atoms. The Kier molecular flexibility index (Phi) is 4.68. The van der Waals surface area contributed by atoms with Crippen molar-refractivity contribution < 1.29 is 13.7 Å². The topological polar surface area (TPSA) is 74.2 Å². The van der Waals surface area contributed by atoms with Crippen LogP contribution in [-0.2, 0) is 13.0 Å². The molecule has 0 radical (unpaired) electrons. The first-order chi connectivity index (χ1) is 9.60. The molecule has 0 aliphatic heterocycles. The number of halogens is 1. The summed E-state index contributed by atoms with van der Waals surface area (Å²) in [6, 6.07) is 4.80. The molecule has 1 atom stereocenters. The van der Waals surface area contributed by atoms with Crippen LogP contribution in [0.1, 0.15) is 30.6 Å². The van der Waals surface area contributed by atoms with Crippen LogP contribution in [0.4, 0.5) is 4.39 Å². The standard InChI is InChI=1S/C14H18FN3O2/c1-3-11(16)7-10-5-4-6-12(15)14(10)19-8-13-17-9(2)18-20-13/h4-6,11H,3,7-8,16H2,1-2H3. The zero-order chi connectivity index (χ0) is 14.5. The number of hydrogen-bond donors (Lipinski definition) is 1. The van der Waals surface area contributed by atoms with Crippen molar-refractivity contribution in [1.29, 1.82) is 0 Å². The number of nitrogens with two attached hydrogens (primary N) is 1. The Labute approximate surface area is 116 Å². The highest BCUT2D eigenvalue weighted by atomic mass is 19.1. The van der Waals surface area contributed by atoms with E-state index in [4.69, 9.17) is 15.0 Å². The van der Waals surface area contributed by atoms with Crippen LogP contribution in [0.25, 0.3) is 0 Å². The van der Waals surface area contributed by atoms with Crippen molar-refractivity contribution in [2.45, 2.75) is 39.3 Å². The molecule has 0 bridgehead atoms. The van der Waals surface area contributed by atoms with Crippen LogP contribution < -0.4 is 10.5 Å². The van der Waals surface area contributed by atoms with Crippen LogP contribution in [-0.4, -0.2) is 16.2 Å². The molecule has 1 unspecified atom stereocenters. The Hall–Kier alpha value is -1.95. The average molecular weight is 279 g/mol. The Morgan fingerprint density at radius 1 is 1.45 bits per heavy atom. The molecule has 2 N–H and O–H groups in total. The molecule has 0 amide bonds. The maximum absolute atomic E-state index is 13.9. The third kappa shape index (κ3) is 3.54. The summed E-state index contributed by atoms with van der Waals surface area (Å²) in [7, 11) is 0. The van der Waals surface area contributed by atoms with E-state index in [1.165, 1.54) is 6.07 Å². The van der Waals surface area contributed by atoms with E-state index >= 15 is 0 Å². The Morgan fingerprint density at radius 2 is 2.25 bits per heavy atom. The van der Waals surface area contributed by atoms with E-state index in [0.29, 0.717) is 18.1 Å². The van der Waals surface area contributed by atoms with Gasteiger partial charge in [-0.1, -0.05) is 24.2 Å². The fraction of sp³-hybridized carbons (Fsp3) is 0.429. The van der Waals surface area contributed by atoms with Gasteiger partial charge in [0, 0.05) is 6.04 Å². The predicted molar refractivity (Wildman–Crippen MR) is 71.7 cm³/mol. The van der Waals surface area contributed by atoms with E-state index in [0.717, 1.165) is 12.0 Å². The van der Waals surface area contributed by atoms with Crippen molar-refractivity contribution in [3.63, 3.8) is 0 Å². The van der Waals surface area contributed by atoms with Gasteiger partial charge in [-0.15, -0.1) is 0 Å². The Balaban J connectivity index is 2.12. The SMILES string of the molecule is CCC(N)Cc1cccc(F)c1OCc1nc(C)no1. The summed E-state index contributed by atoms with van der Waals surface area (Å²) in [5, 5.41) is 3.66. The zero-order valence-corrected chi connectivity index (χ0v) is 11.6. The van der Waals surface area contributed by atoms with Crippen molar-refractivity contribution >= 4 is 0 Å². The van der Waals surface area contributed by atoms with E-state index in [-0.39, 0.29) is 18.4 Å². The molecule has 20 heavy (non-hydrogen) atoms. The highest BCUT2D eigenvalue weighted by Gasteiger charge is 2.14. The minimum atomic E-state index is -0.415. The van der Waals surface area contributed by atoms with Gasteiger partial charge in [0.2, 0.25) is 0 Å². The van der Waals surface area contributed by atoms with Crippen LogP contribution >= 0.6 is 0 Å². The first-order valence-electron chi connectivity index (χ1n) is 6.55. The predicted octanol–water partition coefficient (Wildman–Crippen LogP) is 2.38. The number of hydrogen-bond acceptors (Lipinski definition) is 5. The van der Waals surface area contributed by atoms with Crippen molar-refractivity contribution in [3.05, 3.63) is 41.3 Å². The Morgan fingerprint density at radius 3 is 2.90 bits per heavy atom. The third-order valence-corrected chi connectivity index (χ3v) is 2.96. The second-order valence-corrected chi connectivity index (χ2v) is 4.62. The summed E-state index contributed by atoms with van der Waals surface area (Å²) in [6.07, 6.45) is 1.38. The molecule has 5 nitrogen and oxygen atoms in total. The molecule has 1 aromatic carbocycles. The van der Waals surface area contributed by atoms with Gasteiger partial charge >= 0.3 is 0 Å². The molecule has 0 saturated heterocycles. The van der Waals surface area contributed by atoms with Crippen LogP contribution in [0.5, 0.6) is 5.75 Å². The smallest absolute Gasteiger partial charge is 0.264 e. The van der Waals surface area contributed by atoms with Gasteiger partial charge in [0.15, 0.2) is 24.0 Å². The third-order valence-electron chi connectivity index (χ3n) is 2.96. The first-order valence-corrected chi connectivity index (χ1v) is 6.55. The maximum atomic E-state index is 13.9. The lowest BCUT2D eigenvalue weighted by molar-refractivity contribution is 0.232. The monoisotopic (exact) mass is 279 g/mol. The van der Waals surface area contributed by atoms with Gasteiger partial charge in [0.05, 0.1) is 0 Å². The van der Waals surface area contributed by atoms with Gasteiger partial charge in [-0.25, -0.2) is 4.39 Å². The molecular weight excluding hydrogens is 261 g/mol. The maximum Gasteiger partial charge on any atom is 0.264 e. The number of ether oxygens (including phenoxy) is 1. The van der Waals surface area contributed by atoms with E-state index in [1.807, 2.05) is 13.0 Å². The molecule has 0 aliphatic rings. The number of para-hydroxylation sites is 1. The molecular formula is C14H18FN3O2. The van der Waals surface area contributed by atoms with Crippen LogP contribution in [0.15, 0.2) is 22.7 Å². The van der Waals surface area contributed by atoms with Crippen LogP contribution in [0, 0.1) is 12.7 Å². The summed E-state index contributed by atoms with van der Waals surface area (Å²) in [4.78, 5) is 4.01. The Bertz CT molecular complexity index is 571. The molecule has 0 fully saturated rings. The van der Waals surface area contributed by atoms with E-state index in [1.54, 1.807) is 13.0 Å². The largest absolute Gasteiger partial charge is 0.480 e. The average Bonchev–Trinajstić information content (AvgIpc) is 2.83. The van der Waals surface area contributed by atoms with Crippen LogP contribution in [0.2, 0.25) is 0 Å². The lowest BCUT2D eigenvalue weighted by Crippen LogP contribution is -2.22. The summed E-state index contributed by atoms with van der Waals surface area (Å²) in [6.45, 7) is 3.74. The van der Waals surface area contributed by atoms with Gasteiger partial charge in [-0.05, 0) is 31.4 Å². The highest BCUT2D eigenvalue weighted by Crippen LogP contribution is 2.25. The van der Waals surface area contributed by atoms with Gasteiger partial charge in [0.1, 0.15) is 0 Å². The summed E-state index contributed by atoms with van der Waals surface area (Å²) < 4.78 is 24.3. The molecule has 108 valence electrons. The number of benzene rings is 1. The van der Waals surface area contributed by atoms with E-state index < -0.39 is 5.82 Å². The lowest BCUT2D eigenvalue weighted by atomic mass is 10.0. The summed E-state index contributed by atoms with van der Waals surface area (Å²) in [5.41, 5.74) is 6.66. The molecule has 6 heteroatoms. The van der Waals surface area contributed by atoms with E-state index in [2.05, 4.69) is 10.1 Å². The molecule has 2 aromatic rings. The summed E-state index contributed by atoms with van der Waals surface area (Å²) in [5.74, 6) is 0.621. The second kappa shape index (κ2) is 6.47. The van der Waals surface area contributed by atoms with Gasteiger partial charge in [-0.3, -0.25) is 0 Å². The van der Waals surface area contributed by atoms with Gasteiger partial charge in [-0.2, -0.15) is 4.98 Å². The van der Waals surface area contributed by atoms with Crippen molar-refractivity contribution in [3.8, 4) is 5.75 Å². The fourth-order valence-corrected chi connectivity index (χ4v) is 1.84. The number of nitrogens with zero attached hydrogens (tertiary/aromatic N) is 2. The zero-order valence-electron chi connectivity index (χ0n) is 11.6. The van der Waals surface area contributed by atoms with Crippen molar-refractivity contribution in [2.24, 2.45) is 5.73 Å². The highest BCUT2D eigenvalue weighted by molar-refractivity contribution is 5.35. The first kappa shape index (κ1) is 14.5. The quantitative estimate of drug-likeness (QED) is 0.878. The van der Waals surface area contributed by atoms with E-state index in [9.17, 15) is 4.39 Å². The molecule has 0 aliphatic carbocycles. The van der Waals surface area contributed by atoms with Crippen LogP contribution in [0.3, 0.4) is 0 Å². The second-order valence-electron chi connectivity index (χ2n) is 4.62. The molecule has 2 rings (SSSR count). The van der Waals surface area contributed by atoms with Crippen molar-refractivity contribution in [2.75, 3.05) is 0 Å². The van der Waals surface area contributed by atoms with Gasteiger partial charge in [0.25, 0.3) is 5.89 Å². The number of aryl methyl sites for hydroxylation is 1. The molecule has 1 heterocycles. The molecule has 0 saturated carbocycles. The minimum absolute atomic E-state index is 0.0233. The fourth-order valence-electron chi connectivity index (χ4n) is 1.84. The lowest BCUT2D eigenvalue weighted by Gasteiger charge is -2.14. The minimum Gasteiger partial charge on any atom is -0.480 e. The number of rotatable bonds is 6. The normalized spacial score (nSPS) is 12.4. The molecule has 1 aromatic heterocycles. The van der Waals surface area contributed by atoms with Gasteiger partial charge < -0.3 is 15.0 Å². The summed E-state index contributed by atoms with van der Waals surface area (Å²) >= 11 is 0. The van der Waals surface area contributed by atoms with Crippen molar-refractivity contribution in [1.82, 2.24) is 10.1 Å².